The van der Waals surface area contributed by atoms with Gasteiger partial charge in [0.05, 0.1) is 20.2 Å². The number of carbonyl (C=O) groups is 1. The van der Waals surface area contributed by atoms with Crippen molar-refractivity contribution in [2.75, 3.05) is 6.61 Å². The number of fused-ring (bicyclic) bond motifs is 1. The molecule has 2 N–H and O–H groups in total. The Labute approximate surface area is 117 Å². The number of nitrogens with zero attached hydrogens (tertiary/aromatic N) is 1. The van der Waals surface area contributed by atoms with Crippen molar-refractivity contribution in [1.82, 2.24) is 9.97 Å². The Morgan fingerprint density at radius 1 is 1.37 bits per heavy atom. The van der Waals surface area contributed by atoms with E-state index in [9.17, 15) is 4.79 Å². The molecule has 4 nitrogen and oxygen atoms in total. The fourth-order valence-corrected chi connectivity index (χ4v) is 2.82. The lowest BCUT2D eigenvalue weighted by Crippen LogP contribution is -2.03. The second-order valence-electron chi connectivity index (χ2n) is 4.00. The third-order valence-electron chi connectivity index (χ3n) is 2.75. The maximum absolute atomic E-state index is 11.4. The quantitative estimate of drug-likeness (QED) is 0.729. The molecule has 0 radical (unpaired) electrons. The number of rotatable bonds is 3. The molecule has 0 atom stereocenters. The maximum atomic E-state index is 11.4. The first kappa shape index (κ1) is 12.3. The highest BCUT2D eigenvalue weighted by atomic mass is 35.5. The van der Waals surface area contributed by atoms with Crippen LogP contribution in [-0.2, 0) is 0 Å². The van der Waals surface area contributed by atoms with Crippen molar-refractivity contribution in [2.24, 2.45) is 0 Å². The average Bonchev–Trinajstić information content (AvgIpc) is 3.02. The molecule has 0 spiro atoms. The van der Waals surface area contributed by atoms with Crippen LogP contribution in [0.5, 0.6) is 0 Å². The summed E-state index contributed by atoms with van der Waals surface area (Å²) in [4.78, 5) is 20.0. The fourth-order valence-electron chi connectivity index (χ4n) is 1.83. The zero-order chi connectivity index (χ0) is 13.4. The first-order valence-corrected chi connectivity index (χ1v) is 6.76. The number of halogens is 1. The minimum absolute atomic E-state index is 0.308. The number of carbonyl (C=O) groups excluding carboxylic acids is 1. The Bertz CT molecular complexity index is 763. The van der Waals surface area contributed by atoms with Crippen molar-refractivity contribution in [2.45, 2.75) is 0 Å². The molecule has 3 aromatic rings. The molecule has 0 aliphatic carbocycles. The van der Waals surface area contributed by atoms with E-state index in [4.69, 9.17) is 16.7 Å². The number of ketones is 1. The molecular formula is C13H9ClN2O2S. The summed E-state index contributed by atoms with van der Waals surface area (Å²) < 4.78 is 0.701. The van der Waals surface area contributed by atoms with Gasteiger partial charge in [0, 0.05) is 5.56 Å². The van der Waals surface area contributed by atoms with Gasteiger partial charge in [0.2, 0.25) is 0 Å². The molecular weight excluding hydrogens is 284 g/mol. The van der Waals surface area contributed by atoms with Crippen molar-refractivity contribution in [1.29, 1.82) is 0 Å². The summed E-state index contributed by atoms with van der Waals surface area (Å²) in [5.41, 5.74) is 2.00. The lowest BCUT2D eigenvalue weighted by atomic mass is 10.1. The molecule has 0 aliphatic heterocycles. The number of hydrogen-bond acceptors (Lipinski definition) is 4. The molecule has 0 saturated heterocycles. The molecule has 3 rings (SSSR count). The largest absolute Gasteiger partial charge is 0.388 e. The number of hydrogen-bond donors (Lipinski definition) is 2. The smallest absolute Gasteiger partial charge is 0.188 e. The van der Waals surface area contributed by atoms with Crippen LogP contribution in [0, 0.1) is 0 Å². The molecule has 0 saturated carbocycles. The Kier molecular flexibility index (Phi) is 3.10. The van der Waals surface area contributed by atoms with Crippen LogP contribution in [0.1, 0.15) is 10.4 Å². The molecule has 96 valence electrons. The number of nitrogens with one attached hydrogen (secondary N) is 1. The van der Waals surface area contributed by atoms with Crippen molar-refractivity contribution in [3.63, 3.8) is 0 Å². The first-order chi connectivity index (χ1) is 9.17. The highest BCUT2D eigenvalue weighted by Crippen LogP contribution is 2.30. The van der Waals surface area contributed by atoms with Crippen molar-refractivity contribution in [3.8, 4) is 10.7 Å². The van der Waals surface area contributed by atoms with Gasteiger partial charge in [0.15, 0.2) is 5.78 Å². The van der Waals surface area contributed by atoms with E-state index in [1.54, 1.807) is 18.2 Å². The van der Waals surface area contributed by atoms with Crippen molar-refractivity contribution >= 4 is 39.8 Å². The van der Waals surface area contributed by atoms with Gasteiger partial charge >= 0.3 is 0 Å². The summed E-state index contributed by atoms with van der Waals surface area (Å²) in [6.07, 6.45) is 0. The van der Waals surface area contributed by atoms with Gasteiger partial charge in [-0.3, -0.25) is 4.79 Å². The summed E-state index contributed by atoms with van der Waals surface area (Å²) in [7, 11) is 0. The molecule has 2 heterocycles. The van der Waals surface area contributed by atoms with Gasteiger partial charge in [-0.05, 0) is 30.3 Å². The van der Waals surface area contributed by atoms with Crippen LogP contribution < -0.4 is 0 Å². The van der Waals surface area contributed by atoms with E-state index in [0.717, 1.165) is 21.7 Å². The van der Waals surface area contributed by atoms with Gasteiger partial charge in [-0.1, -0.05) is 11.6 Å². The number of aromatic amines is 1. The third kappa shape index (κ3) is 2.28. The molecule has 0 unspecified atom stereocenters. The van der Waals surface area contributed by atoms with E-state index in [2.05, 4.69) is 9.97 Å². The maximum Gasteiger partial charge on any atom is 0.188 e. The standard InChI is InChI=1S/C13H9ClN2O2S/c14-12-4-3-11(19-12)13-15-8-2-1-7(10(18)6-17)5-9(8)16-13/h1-5,17H,6H2,(H,15,16). The summed E-state index contributed by atoms with van der Waals surface area (Å²) in [5, 5.41) is 8.86. The second kappa shape index (κ2) is 4.77. The number of Topliss-reactive ketones (excluding diaryl/α,β-unsaturated/α-hetero) is 1. The van der Waals surface area contributed by atoms with Gasteiger partial charge in [0.25, 0.3) is 0 Å². The fraction of sp³-hybridized carbons (Fsp3) is 0.0769. The van der Waals surface area contributed by atoms with Crippen LogP contribution in [0.3, 0.4) is 0 Å². The number of aliphatic hydroxyl groups excluding tert-OH is 1. The summed E-state index contributed by atoms with van der Waals surface area (Å²) >= 11 is 7.33. The number of aromatic nitrogens is 2. The number of aliphatic hydroxyl groups is 1. The molecule has 0 bridgehead atoms. The Morgan fingerprint density at radius 3 is 2.89 bits per heavy atom. The average molecular weight is 293 g/mol. The van der Waals surface area contributed by atoms with E-state index in [0.29, 0.717) is 9.90 Å². The van der Waals surface area contributed by atoms with E-state index in [1.807, 2.05) is 12.1 Å². The monoisotopic (exact) mass is 292 g/mol. The molecule has 0 amide bonds. The zero-order valence-electron chi connectivity index (χ0n) is 9.68. The lowest BCUT2D eigenvalue weighted by molar-refractivity contribution is 0.0904. The van der Waals surface area contributed by atoms with Crippen molar-refractivity contribution < 1.29 is 9.90 Å². The number of H-pyrrole nitrogens is 1. The van der Waals surface area contributed by atoms with Crippen LogP contribution in [0.15, 0.2) is 30.3 Å². The van der Waals surface area contributed by atoms with Crippen LogP contribution >= 0.6 is 22.9 Å². The Balaban J connectivity index is 2.08. The van der Waals surface area contributed by atoms with E-state index < -0.39 is 6.61 Å². The van der Waals surface area contributed by atoms with Gasteiger partial charge in [0.1, 0.15) is 12.4 Å². The van der Waals surface area contributed by atoms with Gasteiger partial charge < -0.3 is 10.1 Å². The number of thiophene rings is 1. The van der Waals surface area contributed by atoms with Crippen molar-refractivity contribution in [3.05, 3.63) is 40.2 Å². The molecule has 0 fully saturated rings. The summed E-state index contributed by atoms with van der Waals surface area (Å²) in [5.74, 6) is 0.415. The molecule has 0 aliphatic rings. The van der Waals surface area contributed by atoms with Gasteiger partial charge in [-0.25, -0.2) is 4.98 Å². The van der Waals surface area contributed by atoms with E-state index in [1.165, 1.54) is 11.3 Å². The molecule has 1 aromatic carbocycles. The van der Waals surface area contributed by atoms with Crippen LogP contribution in [0.2, 0.25) is 4.34 Å². The molecule has 6 heteroatoms. The predicted molar refractivity (Wildman–Crippen MR) is 75.8 cm³/mol. The lowest BCUT2D eigenvalue weighted by Gasteiger charge is -1.96. The highest BCUT2D eigenvalue weighted by molar-refractivity contribution is 7.19. The topological polar surface area (TPSA) is 66.0 Å². The normalized spacial score (nSPS) is 11.1. The van der Waals surface area contributed by atoms with Gasteiger partial charge in [-0.15, -0.1) is 11.3 Å². The SMILES string of the molecule is O=C(CO)c1ccc2nc(-c3ccc(Cl)s3)[nH]c2c1. The number of imidazole rings is 1. The minimum atomic E-state index is -0.493. The summed E-state index contributed by atoms with van der Waals surface area (Å²) in [6, 6.07) is 8.82. The Hall–Kier alpha value is -1.69. The minimum Gasteiger partial charge on any atom is -0.388 e. The molecule has 2 aromatic heterocycles. The van der Waals surface area contributed by atoms with E-state index >= 15 is 0 Å². The van der Waals surface area contributed by atoms with Gasteiger partial charge in [-0.2, -0.15) is 0 Å². The number of benzene rings is 1. The summed E-state index contributed by atoms with van der Waals surface area (Å²) in [6.45, 7) is -0.493. The van der Waals surface area contributed by atoms with Crippen LogP contribution in [0.25, 0.3) is 21.7 Å². The van der Waals surface area contributed by atoms with Crippen LogP contribution in [-0.4, -0.2) is 27.5 Å². The highest BCUT2D eigenvalue weighted by Gasteiger charge is 2.10. The van der Waals surface area contributed by atoms with E-state index in [-0.39, 0.29) is 5.78 Å². The second-order valence-corrected chi connectivity index (χ2v) is 5.72. The Morgan fingerprint density at radius 2 is 2.21 bits per heavy atom. The first-order valence-electron chi connectivity index (χ1n) is 5.57. The third-order valence-corrected chi connectivity index (χ3v) is 3.99. The van der Waals surface area contributed by atoms with Crippen LogP contribution in [0.4, 0.5) is 0 Å². The molecule has 19 heavy (non-hydrogen) atoms. The predicted octanol–water partition coefficient (Wildman–Crippen LogP) is 3.12. The zero-order valence-corrected chi connectivity index (χ0v) is 11.3.